The molecule has 0 aliphatic heterocycles. The van der Waals surface area contributed by atoms with Crippen LogP contribution >= 0.6 is 0 Å². The smallest absolute Gasteiger partial charge is 0.0588 e. The second-order valence-corrected chi connectivity index (χ2v) is 3.55. The standard InChI is InChI=1S/C9H11OS/c1-7-3-5-9(6-4-7)8(2)11-10/h3-6,8H,1-2H3/q+1. The molecule has 0 saturated carbocycles. The largest absolute Gasteiger partial charge is 0.466 e. The van der Waals surface area contributed by atoms with E-state index in [1.54, 1.807) is 0 Å². The Morgan fingerprint density at radius 2 is 1.82 bits per heavy atom. The van der Waals surface area contributed by atoms with Gasteiger partial charge >= 0.3 is 11.7 Å². The van der Waals surface area contributed by atoms with E-state index in [0.29, 0.717) is 11.7 Å². The molecule has 1 aromatic carbocycles. The van der Waals surface area contributed by atoms with E-state index in [0.717, 1.165) is 5.56 Å². The molecule has 0 fully saturated rings. The summed E-state index contributed by atoms with van der Waals surface area (Å²) in [5, 5.41) is 0.0654. The molecular weight excluding hydrogens is 156 g/mol. The first-order valence-corrected chi connectivity index (χ1v) is 4.39. The van der Waals surface area contributed by atoms with Gasteiger partial charge in [-0.05, 0) is 6.92 Å². The summed E-state index contributed by atoms with van der Waals surface area (Å²) < 4.78 is 10.4. The summed E-state index contributed by atoms with van der Waals surface area (Å²) in [6, 6.07) is 8.07. The zero-order valence-corrected chi connectivity index (χ0v) is 7.52. The van der Waals surface area contributed by atoms with Crippen LogP contribution in [0.4, 0.5) is 0 Å². The Morgan fingerprint density at radius 3 is 2.27 bits per heavy atom. The van der Waals surface area contributed by atoms with Crippen molar-refractivity contribution in [2.45, 2.75) is 19.1 Å². The minimum Gasteiger partial charge on any atom is -0.0588 e. The van der Waals surface area contributed by atoms with Crippen LogP contribution in [-0.4, -0.2) is 0 Å². The lowest BCUT2D eigenvalue weighted by Gasteiger charge is -1.94. The van der Waals surface area contributed by atoms with Crippen LogP contribution in [0.2, 0.25) is 0 Å². The molecule has 0 aliphatic rings. The molecule has 0 radical (unpaired) electrons. The molecule has 11 heavy (non-hydrogen) atoms. The van der Waals surface area contributed by atoms with E-state index in [1.807, 2.05) is 38.1 Å². The van der Waals surface area contributed by atoms with E-state index in [9.17, 15) is 4.21 Å². The lowest BCUT2D eigenvalue weighted by Crippen LogP contribution is -1.89. The van der Waals surface area contributed by atoms with Gasteiger partial charge in [0, 0.05) is 16.7 Å². The van der Waals surface area contributed by atoms with Crippen LogP contribution in [0.1, 0.15) is 23.3 Å². The first kappa shape index (κ1) is 8.34. The van der Waals surface area contributed by atoms with Gasteiger partial charge in [-0.25, -0.2) is 0 Å². The Balaban J connectivity index is 2.89. The minimum absolute atomic E-state index is 0.0654. The third-order valence-corrected chi connectivity index (χ3v) is 2.25. The minimum atomic E-state index is 0.0654. The molecule has 0 bridgehead atoms. The van der Waals surface area contributed by atoms with Crippen molar-refractivity contribution in [3.05, 3.63) is 35.4 Å². The van der Waals surface area contributed by atoms with Gasteiger partial charge in [-0.1, -0.05) is 29.8 Å². The molecule has 0 aromatic heterocycles. The molecular formula is C9H11OS+. The molecule has 0 N–H and O–H groups in total. The molecule has 1 rings (SSSR count). The average Bonchev–Trinajstić information content (AvgIpc) is 2.05. The maximum absolute atomic E-state index is 10.4. The highest BCUT2D eigenvalue weighted by Crippen LogP contribution is 2.14. The van der Waals surface area contributed by atoms with E-state index in [2.05, 4.69) is 0 Å². The van der Waals surface area contributed by atoms with E-state index in [-0.39, 0.29) is 5.25 Å². The molecule has 1 atom stereocenters. The number of rotatable bonds is 2. The monoisotopic (exact) mass is 167 g/mol. The zero-order valence-electron chi connectivity index (χ0n) is 6.70. The van der Waals surface area contributed by atoms with Crippen molar-refractivity contribution in [1.82, 2.24) is 0 Å². The maximum Gasteiger partial charge on any atom is 0.466 e. The van der Waals surface area contributed by atoms with E-state index in [1.165, 1.54) is 5.56 Å². The molecule has 0 spiro atoms. The number of hydrogen-bond donors (Lipinski definition) is 0. The molecule has 0 saturated heterocycles. The highest BCUT2D eigenvalue weighted by Gasteiger charge is 2.15. The highest BCUT2D eigenvalue weighted by atomic mass is 32.1. The van der Waals surface area contributed by atoms with Crippen LogP contribution in [0.25, 0.3) is 0 Å². The normalized spacial score (nSPS) is 12.5. The van der Waals surface area contributed by atoms with Gasteiger partial charge in [-0.15, -0.1) is 0 Å². The molecule has 0 heterocycles. The lowest BCUT2D eigenvalue weighted by molar-refractivity contribution is 0.600. The predicted octanol–water partition coefficient (Wildman–Crippen LogP) is 2.48. The van der Waals surface area contributed by atoms with Gasteiger partial charge in [-0.3, -0.25) is 0 Å². The summed E-state index contributed by atoms with van der Waals surface area (Å²) >= 11 is 0.634. The number of aryl methyl sites for hydroxylation is 1. The average molecular weight is 167 g/mol. The topological polar surface area (TPSA) is 17.1 Å². The summed E-state index contributed by atoms with van der Waals surface area (Å²) in [4.78, 5) is 0. The quantitative estimate of drug-likeness (QED) is 0.618. The molecule has 1 nitrogen and oxygen atoms in total. The summed E-state index contributed by atoms with van der Waals surface area (Å²) in [6.07, 6.45) is 0. The Kier molecular flexibility index (Phi) is 2.71. The Morgan fingerprint density at radius 1 is 1.27 bits per heavy atom. The fourth-order valence-electron chi connectivity index (χ4n) is 0.893. The van der Waals surface area contributed by atoms with Gasteiger partial charge in [-0.2, -0.15) is 0 Å². The van der Waals surface area contributed by atoms with Gasteiger partial charge in [0.1, 0.15) is 0 Å². The van der Waals surface area contributed by atoms with Gasteiger partial charge < -0.3 is 0 Å². The molecule has 1 aromatic rings. The molecule has 0 aliphatic carbocycles. The molecule has 0 amide bonds. The van der Waals surface area contributed by atoms with E-state index >= 15 is 0 Å². The predicted molar refractivity (Wildman–Crippen MR) is 47.6 cm³/mol. The fraction of sp³-hybridized carbons (Fsp3) is 0.333. The van der Waals surface area contributed by atoms with E-state index < -0.39 is 0 Å². The highest BCUT2D eigenvalue weighted by molar-refractivity contribution is 7.65. The molecule has 58 valence electrons. The first-order chi connectivity index (χ1) is 5.24. The second kappa shape index (κ2) is 3.58. The van der Waals surface area contributed by atoms with Gasteiger partial charge in [0.15, 0.2) is 0 Å². The SMILES string of the molecule is Cc1ccc(C(C)[S+]=O)cc1. The Labute approximate surface area is 70.9 Å². The number of hydrogen-bond acceptors (Lipinski definition) is 1. The van der Waals surface area contributed by atoms with Crippen molar-refractivity contribution in [3.8, 4) is 0 Å². The van der Waals surface area contributed by atoms with E-state index in [4.69, 9.17) is 0 Å². The van der Waals surface area contributed by atoms with Crippen molar-refractivity contribution < 1.29 is 4.21 Å². The first-order valence-electron chi connectivity index (χ1n) is 3.59. The van der Waals surface area contributed by atoms with Gasteiger partial charge in [0.2, 0.25) is 0 Å². The zero-order chi connectivity index (χ0) is 8.27. The third kappa shape index (κ3) is 2.09. The summed E-state index contributed by atoms with van der Waals surface area (Å²) in [5.41, 5.74) is 2.34. The van der Waals surface area contributed by atoms with Crippen LogP contribution < -0.4 is 0 Å². The Bertz CT molecular complexity index is 240. The van der Waals surface area contributed by atoms with Crippen molar-refractivity contribution >= 4 is 11.7 Å². The maximum atomic E-state index is 10.4. The van der Waals surface area contributed by atoms with Crippen LogP contribution in [0.15, 0.2) is 24.3 Å². The summed E-state index contributed by atoms with van der Waals surface area (Å²) in [7, 11) is 0. The van der Waals surface area contributed by atoms with Crippen LogP contribution in [-0.2, 0) is 15.9 Å². The summed E-state index contributed by atoms with van der Waals surface area (Å²) in [5.74, 6) is 0. The third-order valence-electron chi connectivity index (χ3n) is 1.69. The lowest BCUT2D eigenvalue weighted by atomic mass is 10.1. The van der Waals surface area contributed by atoms with Crippen molar-refractivity contribution in [2.24, 2.45) is 0 Å². The Hall–Kier alpha value is -0.760. The van der Waals surface area contributed by atoms with Crippen molar-refractivity contribution in [3.63, 3.8) is 0 Å². The molecule has 2 heteroatoms. The fourth-order valence-corrected chi connectivity index (χ4v) is 1.16. The van der Waals surface area contributed by atoms with Crippen LogP contribution in [0.5, 0.6) is 0 Å². The number of benzene rings is 1. The van der Waals surface area contributed by atoms with Gasteiger partial charge in [0.05, 0.1) is 0 Å². The van der Waals surface area contributed by atoms with Crippen molar-refractivity contribution in [1.29, 1.82) is 0 Å². The second-order valence-electron chi connectivity index (χ2n) is 2.65. The van der Waals surface area contributed by atoms with Crippen LogP contribution in [0, 0.1) is 6.92 Å². The molecule has 1 unspecified atom stereocenters. The summed E-state index contributed by atoms with van der Waals surface area (Å²) in [6.45, 7) is 3.96. The van der Waals surface area contributed by atoms with Gasteiger partial charge in [0.25, 0.3) is 5.25 Å². The van der Waals surface area contributed by atoms with Crippen molar-refractivity contribution in [2.75, 3.05) is 0 Å². The van der Waals surface area contributed by atoms with Crippen LogP contribution in [0.3, 0.4) is 0 Å².